The molecule has 0 saturated carbocycles. The second-order valence-corrected chi connectivity index (χ2v) is 8.19. The summed E-state index contributed by atoms with van der Waals surface area (Å²) in [6.45, 7) is 7.27. The molecule has 20 heavy (non-hydrogen) atoms. The van der Waals surface area contributed by atoms with Gasteiger partial charge in [-0.1, -0.05) is 20.8 Å². The van der Waals surface area contributed by atoms with Crippen LogP contribution in [0.15, 0.2) is 18.2 Å². The summed E-state index contributed by atoms with van der Waals surface area (Å²) in [5, 5.41) is 4.91. The summed E-state index contributed by atoms with van der Waals surface area (Å²) in [5.74, 6) is 0.00182. The molecule has 0 bridgehead atoms. The van der Waals surface area contributed by atoms with Crippen molar-refractivity contribution in [1.29, 1.82) is 0 Å². The van der Waals surface area contributed by atoms with Crippen molar-refractivity contribution < 1.29 is 8.78 Å². The van der Waals surface area contributed by atoms with Crippen LogP contribution >= 0.6 is 23.5 Å². The van der Waals surface area contributed by atoms with Crippen LogP contribution in [0, 0.1) is 11.6 Å². The van der Waals surface area contributed by atoms with E-state index in [2.05, 4.69) is 19.2 Å². The van der Waals surface area contributed by atoms with Crippen molar-refractivity contribution in [3.8, 4) is 0 Å². The summed E-state index contributed by atoms with van der Waals surface area (Å²) in [5.41, 5.74) is 0.712. The van der Waals surface area contributed by atoms with Gasteiger partial charge in [0.15, 0.2) is 0 Å². The Bertz CT molecular complexity index is 435. The summed E-state index contributed by atoms with van der Waals surface area (Å²) >= 11 is 3.86. The molecule has 1 aliphatic rings. The summed E-state index contributed by atoms with van der Waals surface area (Å²) < 4.78 is 26.9. The molecule has 1 nitrogen and oxygen atoms in total. The Balaban J connectivity index is 2.22. The number of rotatable bonds is 4. The van der Waals surface area contributed by atoms with Gasteiger partial charge in [0, 0.05) is 33.6 Å². The largest absolute Gasteiger partial charge is 0.309 e. The quantitative estimate of drug-likeness (QED) is 0.892. The van der Waals surface area contributed by atoms with Crippen molar-refractivity contribution >= 4 is 23.5 Å². The number of nitrogens with one attached hydrogen (secondary N) is 1. The van der Waals surface area contributed by atoms with Crippen LogP contribution in [-0.2, 0) is 0 Å². The fourth-order valence-electron chi connectivity index (χ4n) is 2.42. The monoisotopic (exact) mass is 317 g/mol. The predicted octanol–water partition coefficient (Wildman–Crippen LogP) is 4.24. The van der Waals surface area contributed by atoms with Gasteiger partial charge in [-0.25, -0.2) is 8.78 Å². The lowest BCUT2D eigenvalue weighted by Crippen LogP contribution is -2.37. The van der Waals surface area contributed by atoms with Crippen LogP contribution in [0.4, 0.5) is 8.78 Å². The molecule has 1 aliphatic heterocycles. The Morgan fingerprint density at radius 3 is 2.40 bits per heavy atom. The van der Waals surface area contributed by atoms with Crippen LogP contribution in [0.5, 0.6) is 0 Å². The first-order valence-electron chi connectivity index (χ1n) is 6.97. The topological polar surface area (TPSA) is 12.0 Å². The van der Waals surface area contributed by atoms with Crippen LogP contribution in [0.3, 0.4) is 0 Å². The Morgan fingerprint density at radius 2 is 1.85 bits per heavy atom. The Kier molecular flexibility index (Phi) is 5.75. The van der Waals surface area contributed by atoms with E-state index >= 15 is 0 Å². The molecule has 0 aliphatic carbocycles. The Morgan fingerprint density at radius 1 is 1.20 bits per heavy atom. The highest BCUT2D eigenvalue weighted by atomic mass is 32.2. The van der Waals surface area contributed by atoms with Crippen molar-refractivity contribution in [2.75, 3.05) is 12.3 Å². The molecular formula is C15H21F2NS2. The second-order valence-electron chi connectivity index (χ2n) is 5.16. The van der Waals surface area contributed by atoms with Crippen LogP contribution in [0.2, 0.25) is 0 Å². The molecule has 0 aromatic heterocycles. The smallest absolute Gasteiger partial charge is 0.126 e. The molecule has 4 atom stereocenters. The molecule has 1 aromatic rings. The van der Waals surface area contributed by atoms with Crippen molar-refractivity contribution in [3.05, 3.63) is 35.4 Å². The van der Waals surface area contributed by atoms with Crippen LogP contribution in [-0.4, -0.2) is 28.0 Å². The maximum atomic E-state index is 13.5. The summed E-state index contributed by atoms with van der Waals surface area (Å²) in [7, 11) is 0. The van der Waals surface area contributed by atoms with E-state index in [1.54, 1.807) is 0 Å². The molecule has 2 rings (SSSR count). The molecule has 0 radical (unpaired) electrons. The highest BCUT2D eigenvalue weighted by molar-refractivity contribution is 8.07. The maximum Gasteiger partial charge on any atom is 0.126 e. The summed E-state index contributed by atoms with van der Waals surface area (Å²) in [4.78, 5) is 0. The fraction of sp³-hybridized carbons (Fsp3) is 0.600. The van der Waals surface area contributed by atoms with E-state index in [1.165, 1.54) is 12.1 Å². The Labute approximate surface area is 128 Å². The van der Waals surface area contributed by atoms with Gasteiger partial charge in [0.2, 0.25) is 0 Å². The van der Waals surface area contributed by atoms with Crippen molar-refractivity contribution in [1.82, 2.24) is 5.32 Å². The van der Waals surface area contributed by atoms with E-state index in [0.29, 0.717) is 21.3 Å². The lowest BCUT2D eigenvalue weighted by atomic mass is 10.0. The third kappa shape index (κ3) is 3.89. The minimum absolute atomic E-state index is 0.00218. The lowest BCUT2D eigenvalue weighted by molar-refractivity contribution is 0.528. The molecule has 5 heteroatoms. The minimum Gasteiger partial charge on any atom is -0.309 e. The third-order valence-electron chi connectivity index (χ3n) is 3.61. The minimum atomic E-state index is -0.502. The van der Waals surface area contributed by atoms with Gasteiger partial charge < -0.3 is 5.32 Å². The molecule has 0 amide bonds. The van der Waals surface area contributed by atoms with E-state index in [1.807, 2.05) is 30.4 Å². The van der Waals surface area contributed by atoms with Crippen LogP contribution in [0.25, 0.3) is 0 Å². The number of hydrogen-bond donors (Lipinski definition) is 1. The van der Waals surface area contributed by atoms with Gasteiger partial charge in [0.25, 0.3) is 0 Å². The van der Waals surface area contributed by atoms with Crippen LogP contribution < -0.4 is 5.32 Å². The fourth-order valence-corrected chi connectivity index (χ4v) is 5.54. The van der Waals surface area contributed by atoms with E-state index in [-0.39, 0.29) is 6.04 Å². The van der Waals surface area contributed by atoms with Gasteiger partial charge in [-0.15, -0.1) is 0 Å². The Hall–Kier alpha value is -0.260. The van der Waals surface area contributed by atoms with Crippen LogP contribution in [0.1, 0.15) is 32.4 Å². The molecule has 1 aromatic carbocycles. The molecule has 4 unspecified atom stereocenters. The average Bonchev–Trinajstić information content (AvgIpc) is 2.38. The van der Waals surface area contributed by atoms with E-state index < -0.39 is 11.6 Å². The van der Waals surface area contributed by atoms with Crippen molar-refractivity contribution in [2.45, 2.75) is 42.6 Å². The van der Waals surface area contributed by atoms with Gasteiger partial charge in [0.1, 0.15) is 11.6 Å². The SMILES string of the molecule is CCNC(c1cc(F)cc(F)c1)C1CSC(C)C(C)S1. The number of hydrogen-bond acceptors (Lipinski definition) is 3. The normalized spacial score (nSPS) is 28.4. The molecular weight excluding hydrogens is 296 g/mol. The summed E-state index contributed by atoms with van der Waals surface area (Å²) in [6, 6.07) is 3.83. The number of halogens is 2. The molecule has 1 fully saturated rings. The first-order valence-corrected chi connectivity index (χ1v) is 8.96. The zero-order valence-corrected chi connectivity index (χ0v) is 13.7. The molecule has 1 heterocycles. The maximum absolute atomic E-state index is 13.5. The molecule has 1 N–H and O–H groups in total. The van der Waals surface area contributed by atoms with Crippen molar-refractivity contribution in [3.63, 3.8) is 0 Å². The molecule has 112 valence electrons. The van der Waals surface area contributed by atoms with E-state index in [0.717, 1.165) is 18.4 Å². The first-order chi connectivity index (χ1) is 9.51. The van der Waals surface area contributed by atoms with Gasteiger partial charge in [0.05, 0.1) is 0 Å². The van der Waals surface area contributed by atoms with Crippen molar-refractivity contribution in [2.24, 2.45) is 0 Å². The van der Waals surface area contributed by atoms with Gasteiger partial charge in [-0.2, -0.15) is 23.5 Å². The molecule has 0 spiro atoms. The lowest BCUT2D eigenvalue weighted by Gasteiger charge is -2.36. The predicted molar refractivity (Wildman–Crippen MR) is 85.5 cm³/mol. The molecule has 1 saturated heterocycles. The third-order valence-corrected chi connectivity index (χ3v) is 7.11. The first kappa shape index (κ1) is 16.1. The standard InChI is InChI=1S/C15H21F2NS2/c1-4-18-15(11-5-12(16)7-13(17)6-11)14-8-19-9(2)10(3)20-14/h5-7,9-10,14-15,18H,4,8H2,1-3H3. The van der Waals surface area contributed by atoms with E-state index in [4.69, 9.17) is 0 Å². The highest BCUT2D eigenvalue weighted by Gasteiger charge is 2.32. The zero-order chi connectivity index (χ0) is 14.7. The van der Waals surface area contributed by atoms with Gasteiger partial charge in [-0.3, -0.25) is 0 Å². The van der Waals surface area contributed by atoms with Gasteiger partial charge in [-0.05, 0) is 24.2 Å². The van der Waals surface area contributed by atoms with Gasteiger partial charge >= 0.3 is 0 Å². The second kappa shape index (κ2) is 7.14. The van der Waals surface area contributed by atoms with E-state index in [9.17, 15) is 8.78 Å². The number of benzene rings is 1. The average molecular weight is 317 g/mol. The summed E-state index contributed by atoms with van der Waals surface area (Å²) in [6.07, 6.45) is 0. The zero-order valence-electron chi connectivity index (χ0n) is 12.0. The highest BCUT2D eigenvalue weighted by Crippen LogP contribution is 2.41. The number of thioether (sulfide) groups is 2.